The second kappa shape index (κ2) is 6.60. The first-order valence-corrected chi connectivity index (χ1v) is 8.13. The van der Waals surface area contributed by atoms with Crippen LogP contribution in [0.1, 0.15) is 20.4 Å². The number of thiazole rings is 1. The summed E-state index contributed by atoms with van der Waals surface area (Å²) in [6.45, 7) is 1.01. The Labute approximate surface area is 127 Å². The molecule has 0 aliphatic carbocycles. The summed E-state index contributed by atoms with van der Waals surface area (Å²) >= 11 is 5.46. The van der Waals surface area contributed by atoms with Crippen LogP contribution in [0, 0.1) is 2.88 Å². The lowest BCUT2D eigenvalue weighted by atomic mass is 10.3. The predicted octanol–water partition coefficient (Wildman–Crippen LogP) is 2.24. The fraction of sp³-hybridized carbons (Fsp3) is 0.273. The molecule has 0 saturated heterocycles. The van der Waals surface area contributed by atoms with Gasteiger partial charge in [-0.05, 0) is 41.1 Å². The minimum atomic E-state index is -0.128. The number of carbonyl (C=O) groups is 1. The summed E-state index contributed by atoms with van der Waals surface area (Å²) in [7, 11) is 0. The lowest BCUT2D eigenvalue weighted by Gasteiger charge is -2.01. The molecule has 0 aromatic carbocycles. The molecule has 0 unspecified atom stereocenters. The highest BCUT2D eigenvalue weighted by Crippen LogP contribution is 2.18. The number of nitrogens with two attached hydrogens (primary N) is 1. The molecule has 2 heterocycles. The van der Waals surface area contributed by atoms with Crippen LogP contribution in [-0.4, -0.2) is 17.4 Å². The third-order valence-electron chi connectivity index (χ3n) is 2.24. The first-order valence-electron chi connectivity index (χ1n) is 5.36. The number of thiophene rings is 1. The third kappa shape index (κ3) is 3.74. The Morgan fingerprint density at radius 3 is 2.94 bits per heavy atom. The fourth-order valence-corrected chi connectivity index (χ4v) is 3.79. The van der Waals surface area contributed by atoms with Gasteiger partial charge in [0.1, 0.15) is 10.7 Å². The largest absolute Gasteiger partial charge is 0.350 e. The van der Waals surface area contributed by atoms with E-state index in [0.717, 1.165) is 11.4 Å². The molecule has 0 fully saturated rings. The smallest absolute Gasteiger partial charge is 0.270 e. The van der Waals surface area contributed by atoms with Crippen molar-refractivity contribution in [3.63, 3.8) is 0 Å². The van der Waals surface area contributed by atoms with Gasteiger partial charge in [0.05, 0.1) is 2.88 Å². The molecule has 0 aliphatic heterocycles. The van der Waals surface area contributed by atoms with Crippen molar-refractivity contribution in [3.05, 3.63) is 36.0 Å². The van der Waals surface area contributed by atoms with Gasteiger partial charge in [0.2, 0.25) is 0 Å². The Bertz CT molecular complexity index is 538. The number of nitrogens with zero attached hydrogens (tertiary/aromatic N) is 1. The van der Waals surface area contributed by atoms with Crippen molar-refractivity contribution < 1.29 is 4.79 Å². The van der Waals surface area contributed by atoms with Crippen LogP contribution < -0.4 is 11.1 Å². The van der Waals surface area contributed by atoms with Crippen LogP contribution in [0.25, 0.3) is 0 Å². The Kier molecular flexibility index (Phi) is 5.10. The topological polar surface area (TPSA) is 68.0 Å². The van der Waals surface area contributed by atoms with E-state index in [1.54, 1.807) is 16.7 Å². The van der Waals surface area contributed by atoms with E-state index in [1.807, 2.05) is 0 Å². The molecule has 0 bridgehead atoms. The van der Waals surface area contributed by atoms with Crippen molar-refractivity contribution in [1.29, 1.82) is 0 Å². The molecular weight excluding hydrogens is 381 g/mol. The van der Waals surface area contributed by atoms with Crippen LogP contribution in [0.5, 0.6) is 0 Å². The predicted molar refractivity (Wildman–Crippen MR) is 83.1 cm³/mol. The van der Waals surface area contributed by atoms with E-state index < -0.39 is 0 Å². The zero-order chi connectivity index (χ0) is 13.0. The number of hydrogen-bond acceptors (Lipinski definition) is 5. The summed E-state index contributed by atoms with van der Waals surface area (Å²) in [6, 6.07) is 4.17. The molecule has 4 nitrogen and oxygen atoms in total. The van der Waals surface area contributed by atoms with Gasteiger partial charge in [-0.1, -0.05) is 0 Å². The van der Waals surface area contributed by atoms with Gasteiger partial charge < -0.3 is 11.1 Å². The number of halogens is 1. The average Bonchev–Trinajstić information content (AvgIpc) is 2.98. The maximum absolute atomic E-state index is 11.8. The Balaban J connectivity index is 1.81. The molecule has 18 heavy (non-hydrogen) atoms. The van der Waals surface area contributed by atoms with E-state index in [-0.39, 0.29) is 5.91 Å². The molecule has 7 heteroatoms. The van der Waals surface area contributed by atoms with Gasteiger partial charge in [0, 0.05) is 23.3 Å². The lowest BCUT2D eigenvalue weighted by molar-refractivity contribution is 0.0950. The third-order valence-corrected chi connectivity index (χ3v) is 5.07. The lowest BCUT2D eigenvalue weighted by Crippen LogP contribution is -2.25. The zero-order valence-electron chi connectivity index (χ0n) is 9.48. The van der Waals surface area contributed by atoms with Crippen molar-refractivity contribution in [2.24, 2.45) is 5.73 Å². The van der Waals surface area contributed by atoms with Gasteiger partial charge in [-0.2, -0.15) is 0 Å². The second-order valence-electron chi connectivity index (χ2n) is 3.54. The van der Waals surface area contributed by atoms with E-state index in [9.17, 15) is 4.79 Å². The molecule has 0 spiro atoms. The first kappa shape index (κ1) is 13.9. The molecule has 96 valence electrons. The Morgan fingerprint density at radius 1 is 1.50 bits per heavy atom. The zero-order valence-corrected chi connectivity index (χ0v) is 13.3. The maximum Gasteiger partial charge on any atom is 0.270 e. The molecule has 0 aliphatic rings. The SMILES string of the molecule is NCc1nc(C(=O)NCCc2ccc(I)s2)cs1. The Hall–Kier alpha value is -0.510. The number of hydrogen-bond donors (Lipinski definition) is 2. The summed E-state index contributed by atoms with van der Waals surface area (Å²) in [6.07, 6.45) is 0.854. The maximum atomic E-state index is 11.8. The van der Waals surface area contributed by atoms with Gasteiger partial charge in [-0.25, -0.2) is 4.98 Å². The van der Waals surface area contributed by atoms with E-state index >= 15 is 0 Å². The van der Waals surface area contributed by atoms with Crippen LogP contribution in [-0.2, 0) is 13.0 Å². The van der Waals surface area contributed by atoms with Crippen LogP contribution in [0.2, 0.25) is 0 Å². The number of rotatable bonds is 5. The molecule has 2 aromatic heterocycles. The van der Waals surface area contributed by atoms with Crippen molar-refractivity contribution in [2.75, 3.05) is 6.54 Å². The number of carbonyl (C=O) groups excluding carboxylic acids is 1. The minimum Gasteiger partial charge on any atom is -0.350 e. The second-order valence-corrected chi connectivity index (χ2v) is 7.55. The fourth-order valence-electron chi connectivity index (χ4n) is 1.38. The molecular formula is C11H12IN3OS2. The van der Waals surface area contributed by atoms with Crippen LogP contribution in [0.15, 0.2) is 17.5 Å². The quantitative estimate of drug-likeness (QED) is 0.766. The highest BCUT2D eigenvalue weighted by atomic mass is 127. The van der Waals surface area contributed by atoms with Gasteiger partial charge >= 0.3 is 0 Å². The molecule has 0 radical (unpaired) electrons. The van der Waals surface area contributed by atoms with Crippen molar-refractivity contribution in [3.8, 4) is 0 Å². The summed E-state index contributed by atoms with van der Waals surface area (Å²) in [5.41, 5.74) is 5.92. The van der Waals surface area contributed by atoms with Gasteiger partial charge in [-0.15, -0.1) is 22.7 Å². The molecule has 0 atom stereocenters. The molecule has 2 rings (SSSR count). The standard InChI is InChI=1S/C11H12IN3OS2/c12-9-2-1-7(18-9)3-4-14-11(16)8-6-17-10(5-13)15-8/h1-2,6H,3-5,13H2,(H,14,16). The number of nitrogens with one attached hydrogen (secondary N) is 1. The van der Waals surface area contributed by atoms with Crippen molar-refractivity contribution in [2.45, 2.75) is 13.0 Å². The monoisotopic (exact) mass is 393 g/mol. The van der Waals surface area contributed by atoms with Crippen LogP contribution in [0.4, 0.5) is 0 Å². The highest BCUT2D eigenvalue weighted by molar-refractivity contribution is 14.1. The summed E-state index contributed by atoms with van der Waals surface area (Å²) in [4.78, 5) is 17.2. The average molecular weight is 393 g/mol. The summed E-state index contributed by atoms with van der Waals surface area (Å²) in [5.74, 6) is -0.128. The van der Waals surface area contributed by atoms with E-state index in [2.05, 4.69) is 45.0 Å². The number of amides is 1. The van der Waals surface area contributed by atoms with Crippen LogP contribution in [0.3, 0.4) is 0 Å². The molecule has 3 N–H and O–H groups in total. The van der Waals surface area contributed by atoms with Crippen molar-refractivity contribution >= 4 is 51.2 Å². The van der Waals surface area contributed by atoms with E-state index in [0.29, 0.717) is 18.8 Å². The normalized spacial score (nSPS) is 10.6. The summed E-state index contributed by atoms with van der Waals surface area (Å²) < 4.78 is 1.26. The molecule has 0 saturated carbocycles. The van der Waals surface area contributed by atoms with Gasteiger partial charge in [-0.3, -0.25) is 4.79 Å². The van der Waals surface area contributed by atoms with Crippen molar-refractivity contribution in [1.82, 2.24) is 10.3 Å². The minimum absolute atomic E-state index is 0.128. The summed E-state index contributed by atoms with van der Waals surface area (Å²) in [5, 5.41) is 5.39. The van der Waals surface area contributed by atoms with E-state index in [1.165, 1.54) is 19.1 Å². The number of aromatic nitrogens is 1. The molecule has 2 aromatic rings. The van der Waals surface area contributed by atoms with Gasteiger partial charge in [0.15, 0.2) is 0 Å². The first-order chi connectivity index (χ1) is 8.69. The van der Waals surface area contributed by atoms with Crippen LogP contribution >= 0.6 is 45.3 Å². The molecule has 1 amide bonds. The van der Waals surface area contributed by atoms with Gasteiger partial charge in [0.25, 0.3) is 5.91 Å². The Morgan fingerprint density at radius 2 is 2.33 bits per heavy atom. The highest BCUT2D eigenvalue weighted by Gasteiger charge is 2.09. The van der Waals surface area contributed by atoms with E-state index in [4.69, 9.17) is 5.73 Å².